The van der Waals surface area contributed by atoms with Gasteiger partial charge >= 0.3 is 0 Å². The maximum Gasteiger partial charge on any atom is 0.225 e. The van der Waals surface area contributed by atoms with Crippen LogP contribution in [0.15, 0.2) is 6.07 Å². The van der Waals surface area contributed by atoms with Crippen molar-refractivity contribution in [3.8, 4) is 0 Å². The van der Waals surface area contributed by atoms with E-state index < -0.39 is 10.0 Å². The molecule has 8 heteroatoms. The molecule has 0 aliphatic carbocycles. The van der Waals surface area contributed by atoms with Gasteiger partial charge in [0.15, 0.2) is 0 Å². The lowest BCUT2D eigenvalue weighted by molar-refractivity contribution is 0.122. The number of rotatable bonds is 7. The fourth-order valence-electron chi connectivity index (χ4n) is 2.20. The number of nitrogens with zero attached hydrogens (tertiary/aromatic N) is 3. The first-order valence-electron chi connectivity index (χ1n) is 7.65. The number of ether oxygens (including phenoxy) is 1. The third-order valence-corrected chi connectivity index (χ3v) is 4.84. The van der Waals surface area contributed by atoms with E-state index in [1.54, 1.807) is 0 Å². The number of morpholine rings is 1. The second kappa shape index (κ2) is 7.85. The van der Waals surface area contributed by atoms with E-state index in [0.717, 1.165) is 25.2 Å². The summed E-state index contributed by atoms with van der Waals surface area (Å²) in [5.41, 5.74) is 1.52. The van der Waals surface area contributed by atoms with Gasteiger partial charge in [-0.25, -0.2) is 23.1 Å². The van der Waals surface area contributed by atoms with Gasteiger partial charge in [-0.15, -0.1) is 0 Å². The van der Waals surface area contributed by atoms with Crippen molar-refractivity contribution in [2.45, 2.75) is 33.2 Å². The van der Waals surface area contributed by atoms with Gasteiger partial charge in [-0.3, -0.25) is 0 Å². The Morgan fingerprint density at radius 3 is 2.73 bits per heavy atom. The summed E-state index contributed by atoms with van der Waals surface area (Å²) < 4.78 is 31.6. The summed E-state index contributed by atoms with van der Waals surface area (Å²) in [6.45, 7) is 6.90. The summed E-state index contributed by atoms with van der Waals surface area (Å²) in [6.07, 6.45) is 1.52. The minimum Gasteiger partial charge on any atom is -0.378 e. The Morgan fingerprint density at radius 2 is 2.05 bits per heavy atom. The Morgan fingerprint density at radius 1 is 1.32 bits per heavy atom. The van der Waals surface area contributed by atoms with Crippen molar-refractivity contribution in [1.29, 1.82) is 0 Å². The number of unbranched alkanes of at least 4 members (excludes halogenated alkanes) is 1. The molecule has 7 nitrogen and oxygen atoms in total. The molecule has 124 valence electrons. The van der Waals surface area contributed by atoms with E-state index in [2.05, 4.69) is 19.6 Å². The summed E-state index contributed by atoms with van der Waals surface area (Å²) in [5, 5.41) is 0. The van der Waals surface area contributed by atoms with E-state index in [1.807, 2.05) is 19.9 Å². The lowest BCUT2D eigenvalue weighted by Gasteiger charge is -2.27. The van der Waals surface area contributed by atoms with Gasteiger partial charge in [-0.2, -0.15) is 0 Å². The molecule has 22 heavy (non-hydrogen) atoms. The van der Waals surface area contributed by atoms with Crippen molar-refractivity contribution in [2.24, 2.45) is 0 Å². The van der Waals surface area contributed by atoms with Crippen molar-refractivity contribution >= 4 is 16.0 Å². The number of nitrogens with one attached hydrogen (secondary N) is 1. The molecule has 0 atom stereocenters. The van der Waals surface area contributed by atoms with Crippen LogP contribution in [0.2, 0.25) is 0 Å². The van der Waals surface area contributed by atoms with Crippen LogP contribution < -0.4 is 9.62 Å². The largest absolute Gasteiger partial charge is 0.378 e. The van der Waals surface area contributed by atoms with E-state index in [1.165, 1.54) is 0 Å². The Bertz CT molecular complexity index is 586. The second-order valence-corrected chi connectivity index (χ2v) is 7.32. The van der Waals surface area contributed by atoms with Gasteiger partial charge in [-0.05, 0) is 19.4 Å². The van der Waals surface area contributed by atoms with E-state index in [4.69, 9.17) is 4.74 Å². The predicted octanol–water partition coefficient (Wildman–Crippen LogP) is 0.841. The first kappa shape index (κ1) is 17.1. The van der Waals surface area contributed by atoms with Gasteiger partial charge in [0, 0.05) is 18.8 Å². The molecule has 0 unspecified atom stereocenters. The second-order valence-electron chi connectivity index (χ2n) is 5.39. The van der Waals surface area contributed by atoms with Gasteiger partial charge < -0.3 is 9.64 Å². The van der Waals surface area contributed by atoms with Crippen molar-refractivity contribution in [1.82, 2.24) is 14.7 Å². The van der Waals surface area contributed by atoms with Crippen LogP contribution in [0.3, 0.4) is 0 Å². The Hall–Kier alpha value is -1.25. The summed E-state index contributed by atoms with van der Waals surface area (Å²) in [5.74, 6) is 0.801. The van der Waals surface area contributed by atoms with E-state index in [0.29, 0.717) is 31.3 Å². The number of hydrogen-bond acceptors (Lipinski definition) is 6. The number of aromatic nitrogens is 2. The third-order valence-electron chi connectivity index (χ3n) is 3.43. The van der Waals surface area contributed by atoms with Crippen LogP contribution >= 0.6 is 0 Å². The van der Waals surface area contributed by atoms with Crippen LogP contribution in [0.4, 0.5) is 5.95 Å². The minimum absolute atomic E-state index is 0.157. The zero-order valence-corrected chi connectivity index (χ0v) is 14.0. The maximum atomic E-state index is 11.9. The summed E-state index contributed by atoms with van der Waals surface area (Å²) in [7, 11) is -3.24. The van der Waals surface area contributed by atoms with Crippen LogP contribution in [0.5, 0.6) is 0 Å². The molecule has 0 amide bonds. The van der Waals surface area contributed by atoms with Crippen molar-refractivity contribution in [2.75, 3.05) is 37.0 Å². The van der Waals surface area contributed by atoms with Crippen molar-refractivity contribution in [3.05, 3.63) is 17.5 Å². The topological polar surface area (TPSA) is 84.4 Å². The monoisotopic (exact) mass is 328 g/mol. The molecule has 1 fully saturated rings. The summed E-state index contributed by atoms with van der Waals surface area (Å²) >= 11 is 0. The molecule has 2 rings (SSSR count). The first-order chi connectivity index (χ1) is 10.5. The molecule has 0 aromatic carbocycles. The highest BCUT2D eigenvalue weighted by atomic mass is 32.2. The molecule has 0 radical (unpaired) electrons. The van der Waals surface area contributed by atoms with Gasteiger partial charge in [-0.1, -0.05) is 13.3 Å². The van der Waals surface area contributed by atoms with E-state index in [9.17, 15) is 8.42 Å². The van der Waals surface area contributed by atoms with Crippen LogP contribution in [-0.4, -0.2) is 50.4 Å². The zero-order valence-electron chi connectivity index (χ0n) is 13.2. The molecule has 0 spiro atoms. The fourth-order valence-corrected chi connectivity index (χ4v) is 3.38. The summed E-state index contributed by atoms with van der Waals surface area (Å²) in [6, 6.07) is 1.81. The average Bonchev–Trinajstić information content (AvgIpc) is 2.52. The van der Waals surface area contributed by atoms with Gasteiger partial charge in [0.2, 0.25) is 16.0 Å². The maximum absolute atomic E-state index is 11.9. The highest BCUT2D eigenvalue weighted by Crippen LogP contribution is 2.12. The Kier molecular flexibility index (Phi) is 6.10. The molecule has 1 aromatic rings. The number of sulfonamides is 1. The molecule has 0 saturated carbocycles. The molecule has 1 saturated heterocycles. The molecular formula is C14H24N4O3S. The minimum atomic E-state index is -3.24. The van der Waals surface area contributed by atoms with Gasteiger partial charge in [0.05, 0.1) is 31.2 Å². The van der Waals surface area contributed by atoms with Crippen LogP contribution in [0, 0.1) is 6.92 Å². The molecule has 1 aliphatic rings. The highest BCUT2D eigenvalue weighted by molar-refractivity contribution is 7.89. The Labute approximate surface area is 132 Å². The lowest BCUT2D eigenvalue weighted by atomic mass is 10.3. The molecule has 1 N–H and O–H groups in total. The predicted molar refractivity (Wildman–Crippen MR) is 85.3 cm³/mol. The number of aryl methyl sites for hydroxylation is 1. The SMILES string of the molecule is CCCCS(=O)(=O)NCc1cc(C)nc(N2CCOCC2)n1. The highest BCUT2D eigenvalue weighted by Gasteiger charge is 2.16. The van der Waals surface area contributed by atoms with E-state index >= 15 is 0 Å². The molecular weight excluding hydrogens is 304 g/mol. The van der Waals surface area contributed by atoms with Gasteiger partial charge in [0.1, 0.15) is 0 Å². The molecule has 2 heterocycles. The standard InChI is InChI=1S/C14H24N4O3S/c1-3-4-9-22(19,20)15-11-13-10-12(2)16-14(17-13)18-5-7-21-8-6-18/h10,15H,3-9,11H2,1-2H3. The Balaban J connectivity index is 2.03. The quantitative estimate of drug-likeness (QED) is 0.798. The molecule has 1 aliphatic heterocycles. The smallest absolute Gasteiger partial charge is 0.225 e. The van der Waals surface area contributed by atoms with Crippen LogP contribution in [0.25, 0.3) is 0 Å². The average molecular weight is 328 g/mol. The van der Waals surface area contributed by atoms with Gasteiger partial charge in [0.25, 0.3) is 0 Å². The molecule has 1 aromatic heterocycles. The van der Waals surface area contributed by atoms with Crippen LogP contribution in [-0.2, 0) is 21.3 Å². The zero-order chi connectivity index (χ0) is 16.0. The van der Waals surface area contributed by atoms with Crippen molar-refractivity contribution < 1.29 is 13.2 Å². The number of hydrogen-bond donors (Lipinski definition) is 1. The third kappa shape index (κ3) is 5.19. The normalized spacial score (nSPS) is 16.0. The molecule has 0 bridgehead atoms. The van der Waals surface area contributed by atoms with Crippen LogP contribution in [0.1, 0.15) is 31.2 Å². The van der Waals surface area contributed by atoms with Crippen molar-refractivity contribution in [3.63, 3.8) is 0 Å². The lowest BCUT2D eigenvalue weighted by Crippen LogP contribution is -2.37. The first-order valence-corrected chi connectivity index (χ1v) is 9.30. The number of anilines is 1. The van der Waals surface area contributed by atoms with E-state index in [-0.39, 0.29) is 12.3 Å². The fraction of sp³-hybridized carbons (Fsp3) is 0.714. The summed E-state index contributed by atoms with van der Waals surface area (Å²) in [4.78, 5) is 11.0.